The maximum absolute atomic E-state index is 13.2. The van der Waals surface area contributed by atoms with Gasteiger partial charge in [0.05, 0.1) is 11.5 Å². The number of fused-ring (bicyclic) bond motifs is 2. The van der Waals surface area contributed by atoms with Crippen LogP contribution in [0.25, 0.3) is 0 Å². The predicted octanol–water partition coefficient (Wildman–Crippen LogP) is 1.52. The highest BCUT2D eigenvalue weighted by molar-refractivity contribution is 5.54. The molecule has 8 heteroatoms. The molecule has 0 spiro atoms. The van der Waals surface area contributed by atoms with Crippen molar-refractivity contribution in [3.05, 3.63) is 73.3 Å². The third-order valence-electron chi connectivity index (χ3n) is 3.88. The van der Waals surface area contributed by atoms with E-state index in [2.05, 4.69) is 20.2 Å². The largest absolute Gasteiger partial charge is 0.420 e. The van der Waals surface area contributed by atoms with E-state index in [1.165, 1.54) is 12.1 Å². The second kappa shape index (κ2) is 4.67. The third kappa shape index (κ3) is 1.99. The van der Waals surface area contributed by atoms with Crippen molar-refractivity contribution >= 4 is 0 Å². The molecule has 3 aromatic rings. The lowest BCUT2D eigenvalue weighted by Gasteiger charge is -2.24. The Morgan fingerprint density at radius 3 is 2.61 bits per heavy atom. The van der Waals surface area contributed by atoms with E-state index in [1.54, 1.807) is 19.1 Å². The average molecular weight is 314 g/mol. The van der Waals surface area contributed by atoms with Crippen LogP contribution in [-0.4, -0.2) is 20.2 Å². The van der Waals surface area contributed by atoms with Gasteiger partial charge < -0.3 is 4.74 Å². The molecular formula is C15H11FN4O3. The maximum Gasteiger partial charge on any atom is 0.328 e. The van der Waals surface area contributed by atoms with Gasteiger partial charge >= 0.3 is 5.69 Å². The van der Waals surface area contributed by atoms with Crippen molar-refractivity contribution in [2.75, 3.05) is 0 Å². The summed E-state index contributed by atoms with van der Waals surface area (Å²) in [5, 5.41) is 6.86. The van der Waals surface area contributed by atoms with Gasteiger partial charge in [0.25, 0.3) is 5.56 Å². The number of nitrogens with zero attached hydrogens (tertiary/aromatic N) is 1. The summed E-state index contributed by atoms with van der Waals surface area (Å²) < 4.78 is 18.8. The molecule has 7 nitrogen and oxygen atoms in total. The summed E-state index contributed by atoms with van der Waals surface area (Å²) in [6.45, 7) is 1.80. The molecule has 0 fully saturated rings. The van der Waals surface area contributed by atoms with E-state index < -0.39 is 17.2 Å². The Bertz CT molecular complexity index is 1020. The summed E-state index contributed by atoms with van der Waals surface area (Å²) in [4.78, 5) is 28.5. The molecule has 1 aliphatic heterocycles. The Balaban J connectivity index is 2.04. The van der Waals surface area contributed by atoms with E-state index in [-0.39, 0.29) is 23.1 Å². The lowest BCUT2D eigenvalue weighted by molar-refractivity contribution is 0.412. The molecular weight excluding hydrogens is 303 g/mol. The summed E-state index contributed by atoms with van der Waals surface area (Å²) in [7, 11) is 0. The molecule has 3 heterocycles. The molecule has 23 heavy (non-hydrogen) atoms. The second-order valence-electron chi connectivity index (χ2n) is 5.31. The monoisotopic (exact) mass is 314 g/mol. The van der Waals surface area contributed by atoms with Crippen LogP contribution in [-0.2, 0) is 0 Å². The highest BCUT2D eigenvalue weighted by atomic mass is 19.1. The number of benzene rings is 1. The van der Waals surface area contributed by atoms with Crippen LogP contribution < -0.4 is 16.0 Å². The van der Waals surface area contributed by atoms with E-state index in [0.29, 0.717) is 11.1 Å². The van der Waals surface area contributed by atoms with Crippen molar-refractivity contribution in [3.8, 4) is 11.8 Å². The fourth-order valence-corrected chi connectivity index (χ4v) is 2.88. The minimum atomic E-state index is -0.665. The maximum atomic E-state index is 13.2. The smallest absolute Gasteiger partial charge is 0.328 e. The standard InChI is InChI=1S/C15H11FN4O3/c1-6-9-10(7-2-4-8(16)5-3-7)11-12(21)17-15(22)18-13(11)23-14(9)20-19-6/h2-5,10H,1H3,(H,19,20)(H2,17,18,21,22). The molecule has 1 unspecified atom stereocenters. The molecule has 116 valence electrons. The molecule has 4 rings (SSSR count). The first-order valence-electron chi connectivity index (χ1n) is 6.89. The van der Waals surface area contributed by atoms with Crippen LogP contribution in [0.4, 0.5) is 4.39 Å². The molecule has 0 amide bonds. The average Bonchev–Trinajstić information content (AvgIpc) is 2.87. The molecule has 0 bridgehead atoms. The van der Waals surface area contributed by atoms with Crippen molar-refractivity contribution in [2.45, 2.75) is 12.8 Å². The molecule has 2 aromatic heterocycles. The van der Waals surface area contributed by atoms with Gasteiger partial charge in [0.1, 0.15) is 5.82 Å². The van der Waals surface area contributed by atoms with Crippen LogP contribution in [0.2, 0.25) is 0 Å². The van der Waals surface area contributed by atoms with E-state index in [1.807, 2.05) is 0 Å². The van der Waals surface area contributed by atoms with E-state index in [9.17, 15) is 14.0 Å². The summed E-state index contributed by atoms with van der Waals surface area (Å²) in [6.07, 6.45) is 0. The first kappa shape index (κ1) is 13.5. The van der Waals surface area contributed by atoms with Crippen molar-refractivity contribution in [2.24, 2.45) is 0 Å². The van der Waals surface area contributed by atoms with Crippen molar-refractivity contribution in [1.29, 1.82) is 0 Å². The van der Waals surface area contributed by atoms with Crippen LogP contribution in [0, 0.1) is 12.7 Å². The number of aromatic nitrogens is 4. The zero-order valence-corrected chi connectivity index (χ0v) is 11.9. The molecule has 0 aliphatic carbocycles. The quantitative estimate of drug-likeness (QED) is 0.495. The number of hydrogen-bond donors (Lipinski definition) is 3. The Hall–Kier alpha value is -3.16. The predicted molar refractivity (Wildman–Crippen MR) is 78.4 cm³/mol. The van der Waals surface area contributed by atoms with Gasteiger partial charge in [-0.2, -0.15) is 0 Å². The first-order chi connectivity index (χ1) is 11.0. The van der Waals surface area contributed by atoms with Crippen molar-refractivity contribution in [3.63, 3.8) is 0 Å². The van der Waals surface area contributed by atoms with Gasteiger partial charge in [-0.05, 0) is 24.6 Å². The summed E-state index contributed by atoms with van der Waals surface area (Å²) in [5.41, 5.74) is 1.14. The number of rotatable bonds is 1. The number of ether oxygens (including phenoxy) is 1. The summed E-state index contributed by atoms with van der Waals surface area (Å²) >= 11 is 0. The SMILES string of the molecule is Cc1[nH]nc2c1C(c1ccc(F)cc1)c1c([nH]c(=O)[nH]c1=O)O2. The van der Waals surface area contributed by atoms with E-state index in [0.717, 1.165) is 5.69 Å². The highest BCUT2D eigenvalue weighted by Gasteiger charge is 2.35. The van der Waals surface area contributed by atoms with Gasteiger partial charge in [-0.25, -0.2) is 9.18 Å². The second-order valence-corrected chi connectivity index (χ2v) is 5.31. The van der Waals surface area contributed by atoms with Crippen LogP contribution in [0.1, 0.15) is 28.3 Å². The Morgan fingerprint density at radius 1 is 1.13 bits per heavy atom. The molecule has 1 aliphatic rings. The van der Waals surface area contributed by atoms with Crippen LogP contribution in [0.15, 0.2) is 33.9 Å². The topological polar surface area (TPSA) is 104 Å². The first-order valence-corrected chi connectivity index (χ1v) is 6.89. The molecule has 0 saturated heterocycles. The number of hydrogen-bond acceptors (Lipinski definition) is 4. The minimum Gasteiger partial charge on any atom is -0.420 e. The molecule has 0 saturated carbocycles. The van der Waals surface area contributed by atoms with E-state index >= 15 is 0 Å². The number of nitrogens with one attached hydrogen (secondary N) is 3. The van der Waals surface area contributed by atoms with Gasteiger partial charge in [-0.1, -0.05) is 12.1 Å². The third-order valence-corrected chi connectivity index (χ3v) is 3.88. The molecule has 0 radical (unpaired) electrons. The van der Waals surface area contributed by atoms with Gasteiger partial charge in [0, 0.05) is 11.3 Å². The number of H-pyrrole nitrogens is 3. The van der Waals surface area contributed by atoms with E-state index in [4.69, 9.17) is 4.74 Å². The number of aromatic amines is 3. The van der Waals surface area contributed by atoms with Gasteiger partial charge in [0.2, 0.25) is 11.8 Å². The Kier molecular flexibility index (Phi) is 2.74. The number of aryl methyl sites for hydroxylation is 1. The summed E-state index contributed by atoms with van der Waals surface area (Å²) in [6, 6.07) is 5.82. The van der Waals surface area contributed by atoms with Crippen molar-refractivity contribution < 1.29 is 9.13 Å². The Morgan fingerprint density at radius 2 is 1.87 bits per heavy atom. The van der Waals surface area contributed by atoms with Gasteiger partial charge in [0.15, 0.2) is 0 Å². The lowest BCUT2D eigenvalue weighted by atomic mass is 9.85. The normalized spacial score (nSPS) is 15.7. The van der Waals surface area contributed by atoms with Gasteiger partial charge in [-0.15, -0.1) is 5.10 Å². The van der Waals surface area contributed by atoms with Crippen LogP contribution in [0.3, 0.4) is 0 Å². The zero-order valence-electron chi connectivity index (χ0n) is 11.9. The highest BCUT2D eigenvalue weighted by Crippen LogP contribution is 2.44. The molecule has 1 atom stereocenters. The van der Waals surface area contributed by atoms with Crippen LogP contribution >= 0.6 is 0 Å². The fourth-order valence-electron chi connectivity index (χ4n) is 2.88. The van der Waals surface area contributed by atoms with Crippen LogP contribution in [0.5, 0.6) is 11.8 Å². The molecule has 3 N–H and O–H groups in total. The summed E-state index contributed by atoms with van der Waals surface area (Å²) in [5.74, 6) is -0.563. The lowest BCUT2D eigenvalue weighted by Crippen LogP contribution is -2.30. The van der Waals surface area contributed by atoms with Gasteiger partial charge in [-0.3, -0.25) is 19.9 Å². The fraction of sp³-hybridized carbons (Fsp3) is 0.133. The number of halogens is 1. The molecule has 1 aromatic carbocycles. The minimum absolute atomic E-state index is 0.0482. The van der Waals surface area contributed by atoms with Crippen molar-refractivity contribution in [1.82, 2.24) is 20.2 Å². The zero-order chi connectivity index (χ0) is 16.1. The Labute approximate surface area is 128 Å².